The molecular formula is C8H15ClF2O3S. The van der Waals surface area contributed by atoms with Crippen molar-refractivity contribution in [3.05, 3.63) is 0 Å². The molecule has 1 unspecified atom stereocenters. The van der Waals surface area contributed by atoms with Gasteiger partial charge in [-0.3, -0.25) is 0 Å². The van der Waals surface area contributed by atoms with Crippen LogP contribution in [0.3, 0.4) is 0 Å². The van der Waals surface area contributed by atoms with E-state index in [0.717, 1.165) is 6.92 Å². The van der Waals surface area contributed by atoms with E-state index in [-0.39, 0.29) is 18.3 Å². The highest BCUT2D eigenvalue weighted by atomic mass is 35.7. The van der Waals surface area contributed by atoms with Crippen molar-refractivity contribution in [2.45, 2.75) is 26.2 Å². The SMILES string of the molecule is CCC(COCC(C)(F)F)CS(=O)(=O)Cl. The average molecular weight is 265 g/mol. The Balaban J connectivity index is 3.92. The van der Waals surface area contributed by atoms with Crippen molar-refractivity contribution in [3.8, 4) is 0 Å². The van der Waals surface area contributed by atoms with Crippen LogP contribution in [0.5, 0.6) is 0 Å². The highest BCUT2D eigenvalue weighted by Crippen LogP contribution is 2.14. The minimum absolute atomic E-state index is 0.0219. The molecule has 0 aliphatic heterocycles. The van der Waals surface area contributed by atoms with Crippen LogP contribution in [0.4, 0.5) is 8.78 Å². The first-order valence-corrected chi connectivity index (χ1v) is 7.00. The van der Waals surface area contributed by atoms with E-state index in [9.17, 15) is 17.2 Å². The molecule has 0 rings (SSSR count). The molecule has 0 bridgehead atoms. The third kappa shape index (κ3) is 10.3. The lowest BCUT2D eigenvalue weighted by molar-refractivity contribution is -0.0682. The van der Waals surface area contributed by atoms with Crippen LogP contribution in [0.15, 0.2) is 0 Å². The van der Waals surface area contributed by atoms with Crippen molar-refractivity contribution in [1.82, 2.24) is 0 Å². The van der Waals surface area contributed by atoms with Gasteiger partial charge in [0.1, 0.15) is 6.61 Å². The molecule has 0 fully saturated rings. The number of hydrogen-bond donors (Lipinski definition) is 0. The fraction of sp³-hybridized carbons (Fsp3) is 1.00. The molecule has 0 aliphatic rings. The third-order valence-corrected chi connectivity index (χ3v) is 2.97. The standard InChI is InChI=1S/C8H15ClF2O3S/c1-3-7(5-15(9,12)13)4-14-6-8(2,10)11/h7H,3-6H2,1-2H3. The van der Waals surface area contributed by atoms with Crippen LogP contribution in [-0.2, 0) is 13.8 Å². The second-order valence-electron chi connectivity index (χ2n) is 3.57. The van der Waals surface area contributed by atoms with Gasteiger partial charge in [-0.2, -0.15) is 0 Å². The molecule has 0 aromatic rings. The predicted octanol–water partition coefficient (Wildman–Crippen LogP) is 2.25. The van der Waals surface area contributed by atoms with Crippen LogP contribution in [0, 0.1) is 5.92 Å². The first-order valence-electron chi connectivity index (χ1n) is 4.52. The first-order chi connectivity index (χ1) is 6.64. The molecule has 0 aliphatic carbocycles. The molecule has 0 amide bonds. The second kappa shape index (κ2) is 5.96. The third-order valence-electron chi connectivity index (χ3n) is 1.72. The van der Waals surface area contributed by atoms with Crippen molar-refractivity contribution in [2.75, 3.05) is 19.0 Å². The van der Waals surface area contributed by atoms with Crippen molar-refractivity contribution >= 4 is 19.7 Å². The summed E-state index contributed by atoms with van der Waals surface area (Å²) in [5.41, 5.74) is 0. The largest absolute Gasteiger partial charge is 0.375 e. The quantitative estimate of drug-likeness (QED) is 0.663. The highest BCUT2D eigenvalue weighted by Gasteiger charge is 2.23. The van der Waals surface area contributed by atoms with E-state index in [0.29, 0.717) is 6.42 Å². The Kier molecular flexibility index (Phi) is 5.98. The molecule has 0 radical (unpaired) electrons. The van der Waals surface area contributed by atoms with Crippen molar-refractivity contribution in [2.24, 2.45) is 5.92 Å². The number of hydrogen-bond acceptors (Lipinski definition) is 3. The van der Waals surface area contributed by atoms with Crippen molar-refractivity contribution < 1.29 is 21.9 Å². The zero-order valence-corrected chi connectivity index (χ0v) is 10.2. The van der Waals surface area contributed by atoms with Gasteiger partial charge in [0.05, 0.1) is 12.4 Å². The number of rotatable bonds is 7. The molecule has 0 heterocycles. The summed E-state index contributed by atoms with van der Waals surface area (Å²) >= 11 is 0. The molecule has 1 atom stereocenters. The molecule has 0 aromatic carbocycles. The van der Waals surface area contributed by atoms with Gasteiger partial charge < -0.3 is 4.74 Å². The minimum Gasteiger partial charge on any atom is -0.375 e. The summed E-state index contributed by atoms with van der Waals surface area (Å²) in [6, 6.07) is 0. The van der Waals surface area contributed by atoms with E-state index in [1.165, 1.54) is 0 Å². The van der Waals surface area contributed by atoms with Crippen molar-refractivity contribution in [3.63, 3.8) is 0 Å². The van der Waals surface area contributed by atoms with Crippen LogP contribution in [-0.4, -0.2) is 33.3 Å². The van der Waals surface area contributed by atoms with E-state index in [2.05, 4.69) is 0 Å². The van der Waals surface area contributed by atoms with Gasteiger partial charge >= 0.3 is 0 Å². The van der Waals surface area contributed by atoms with Gasteiger partial charge in [0.25, 0.3) is 5.92 Å². The average Bonchev–Trinajstić information content (AvgIpc) is 1.97. The molecule has 0 saturated carbocycles. The lowest BCUT2D eigenvalue weighted by Crippen LogP contribution is -2.23. The maximum absolute atomic E-state index is 12.3. The van der Waals surface area contributed by atoms with Gasteiger partial charge in [-0.25, -0.2) is 17.2 Å². The smallest absolute Gasteiger partial charge is 0.268 e. The Morgan fingerprint density at radius 3 is 2.33 bits per heavy atom. The fourth-order valence-electron chi connectivity index (χ4n) is 0.970. The predicted molar refractivity (Wildman–Crippen MR) is 54.9 cm³/mol. The van der Waals surface area contributed by atoms with Gasteiger partial charge in [0.2, 0.25) is 9.05 Å². The second-order valence-corrected chi connectivity index (χ2v) is 6.39. The molecule has 0 saturated heterocycles. The fourth-order valence-corrected chi connectivity index (χ4v) is 2.40. The Bertz CT molecular complexity index is 274. The van der Waals surface area contributed by atoms with Gasteiger partial charge in [-0.1, -0.05) is 13.3 Å². The lowest BCUT2D eigenvalue weighted by Gasteiger charge is -2.15. The number of ether oxygens (including phenoxy) is 1. The van der Waals surface area contributed by atoms with E-state index in [1.807, 2.05) is 0 Å². The molecule has 7 heteroatoms. The molecular weight excluding hydrogens is 250 g/mol. The van der Waals surface area contributed by atoms with Crippen LogP contribution in [0.25, 0.3) is 0 Å². The summed E-state index contributed by atoms with van der Waals surface area (Å²) in [4.78, 5) is 0. The maximum Gasteiger partial charge on any atom is 0.268 e. The van der Waals surface area contributed by atoms with E-state index < -0.39 is 21.6 Å². The molecule has 3 nitrogen and oxygen atoms in total. The van der Waals surface area contributed by atoms with E-state index >= 15 is 0 Å². The first kappa shape index (κ1) is 15.1. The summed E-state index contributed by atoms with van der Waals surface area (Å²) in [7, 11) is 1.45. The molecule has 0 aromatic heterocycles. The lowest BCUT2D eigenvalue weighted by atomic mass is 10.1. The van der Waals surface area contributed by atoms with Crippen LogP contribution < -0.4 is 0 Å². The zero-order chi connectivity index (χ0) is 12.1. The van der Waals surface area contributed by atoms with E-state index in [1.54, 1.807) is 6.92 Å². The summed E-state index contributed by atoms with van der Waals surface area (Å²) in [5, 5.41) is 0. The topological polar surface area (TPSA) is 43.4 Å². The van der Waals surface area contributed by atoms with Gasteiger partial charge in [-0.15, -0.1) is 0 Å². The normalized spacial score (nSPS) is 15.3. The minimum atomic E-state index is -3.60. The molecule has 15 heavy (non-hydrogen) atoms. The summed E-state index contributed by atoms with van der Waals surface area (Å²) in [6.07, 6.45) is 0.515. The van der Waals surface area contributed by atoms with Crippen LogP contribution in [0.2, 0.25) is 0 Å². The molecule has 92 valence electrons. The summed E-state index contributed by atoms with van der Waals surface area (Å²) < 4.78 is 50.9. The van der Waals surface area contributed by atoms with E-state index in [4.69, 9.17) is 15.4 Å². The Hall–Kier alpha value is 0.0600. The Morgan fingerprint density at radius 1 is 1.47 bits per heavy atom. The maximum atomic E-state index is 12.3. The van der Waals surface area contributed by atoms with Crippen LogP contribution in [0.1, 0.15) is 20.3 Å². The molecule has 0 spiro atoms. The Morgan fingerprint density at radius 2 is 2.00 bits per heavy atom. The van der Waals surface area contributed by atoms with Crippen LogP contribution >= 0.6 is 10.7 Å². The summed E-state index contributed by atoms with van der Waals surface area (Å²) in [6.45, 7) is 1.77. The monoisotopic (exact) mass is 264 g/mol. The zero-order valence-electron chi connectivity index (χ0n) is 8.67. The number of alkyl halides is 2. The summed E-state index contributed by atoms with van der Waals surface area (Å²) in [5.74, 6) is -3.48. The highest BCUT2D eigenvalue weighted by molar-refractivity contribution is 8.13. The van der Waals surface area contributed by atoms with Gasteiger partial charge in [0.15, 0.2) is 0 Å². The van der Waals surface area contributed by atoms with Gasteiger partial charge in [0, 0.05) is 17.6 Å². The van der Waals surface area contributed by atoms with Crippen molar-refractivity contribution in [1.29, 1.82) is 0 Å². The van der Waals surface area contributed by atoms with Gasteiger partial charge in [-0.05, 0) is 5.92 Å². The number of halogens is 3. The Labute approximate surface area is 93.2 Å². The molecule has 0 N–H and O–H groups in total.